The van der Waals surface area contributed by atoms with E-state index >= 15 is 13.6 Å². The lowest BCUT2D eigenvalue weighted by atomic mass is 10.0. The van der Waals surface area contributed by atoms with E-state index in [9.17, 15) is 39.6 Å². The van der Waals surface area contributed by atoms with Crippen LogP contribution in [0, 0.1) is 17.6 Å². The van der Waals surface area contributed by atoms with E-state index in [2.05, 4.69) is 40.2 Å². The van der Waals surface area contributed by atoms with Crippen LogP contribution < -0.4 is 15.6 Å². The van der Waals surface area contributed by atoms with Crippen molar-refractivity contribution in [3.8, 4) is 17.1 Å². The molecule has 0 saturated heterocycles. The van der Waals surface area contributed by atoms with Crippen molar-refractivity contribution in [3.05, 3.63) is 116 Å². The molecule has 0 aliphatic heterocycles. The Morgan fingerprint density at radius 1 is 1.00 bits per heavy atom. The predicted molar refractivity (Wildman–Crippen MR) is 212 cm³/mol. The number of nitrogens with one attached hydrogen (secondary N) is 2. The largest absolute Gasteiger partial charge is 0.344 e. The summed E-state index contributed by atoms with van der Waals surface area (Å²) in [7, 11) is -2.60. The number of carbonyl (C=O) groups is 1. The number of sulfonamides is 1. The Bertz CT molecular complexity index is 3250. The maximum atomic E-state index is 15.5. The van der Waals surface area contributed by atoms with Crippen molar-refractivity contribution in [1.82, 2.24) is 49.4 Å². The summed E-state index contributed by atoms with van der Waals surface area (Å²) in [5.41, 5.74) is -4.26. The third-order valence-corrected chi connectivity index (χ3v) is 11.7. The Labute approximate surface area is 359 Å². The van der Waals surface area contributed by atoms with Gasteiger partial charge in [-0.25, -0.2) is 54.7 Å². The fourth-order valence-corrected chi connectivity index (χ4v) is 8.96. The Kier molecular flexibility index (Phi) is 10.2. The fraction of sp³-hybridized carbons (Fsp3) is 0.282. The summed E-state index contributed by atoms with van der Waals surface area (Å²) in [6, 6.07) is 5.54. The number of aryl methyl sites for hydroxylation is 1. The summed E-state index contributed by atoms with van der Waals surface area (Å²) in [6.07, 6.45) is -3.79. The first-order valence-electron chi connectivity index (χ1n) is 18.9. The molecule has 0 unspecified atom stereocenters. The summed E-state index contributed by atoms with van der Waals surface area (Å²) in [4.78, 5) is 45.9. The Hall–Kier alpha value is -6.56. The summed E-state index contributed by atoms with van der Waals surface area (Å²) < 4.78 is 145. The minimum atomic E-state index is -3.98. The average molecular weight is 934 g/mol. The number of fused-ring (bicyclic) bond motifs is 5. The molecule has 25 heteroatoms. The van der Waals surface area contributed by atoms with Crippen LogP contribution >= 0.6 is 11.6 Å². The quantitative estimate of drug-likeness (QED) is 0.124. The molecule has 1 amide bonds. The van der Waals surface area contributed by atoms with Crippen LogP contribution in [0.5, 0.6) is 0 Å². The van der Waals surface area contributed by atoms with Crippen LogP contribution in [-0.2, 0) is 40.8 Å². The van der Waals surface area contributed by atoms with E-state index in [1.807, 2.05) is 0 Å². The number of aromatic nitrogens is 9. The molecule has 1 saturated carbocycles. The van der Waals surface area contributed by atoms with E-state index in [0.29, 0.717) is 10.7 Å². The maximum Gasteiger partial charge on any atom is 0.293 e. The molecule has 64 heavy (non-hydrogen) atoms. The number of carbonyl (C=O) groups excluding carboxylic acids is 1. The van der Waals surface area contributed by atoms with E-state index in [1.165, 1.54) is 29.9 Å². The van der Waals surface area contributed by atoms with E-state index < -0.39 is 106 Å². The average Bonchev–Trinajstić information content (AvgIpc) is 3.76. The van der Waals surface area contributed by atoms with Gasteiger partial charge < -0.3 is 5.32 Å². The topological polar surface area (TPSA) is 184 Å². The summed E-state index contributed by atoms with van der Waals surface area (Å²) in [6.45, 7) is -1.05. The number of alkyl halides is 6. The third kappa shape index (κ3) is 7.46. The number of hydrogen-bond donors (Lipinski definition) is 2. The normalized spacial score (nSPS) is 17.0. The summed E-state index contributed by atoms with van der Waals surface area (Å²) >= 11 is 6.60. The molecule has 5 aromatic heterocycles. The van der Waals surface area contributed by atoms with Crippen LogP contribution in [0.1, 0.15) is 65.3 Å². The Balaban J connectivity index is 1.26. The molecule has 15 nitrogen and oxygen atoms in total. The number of nitrogens with zero attached hydrogens (tertiary/aromatic N) is 9. The van der Waals surface area contributed by atoms with Gasteiger partial charge in [-0.15, -0.1) is 0 Å². The minimum absolute atomic E-state index is 0.00506. The van der Waals surface area contributed by atoms with E-state index in [0.717, 1.165) is 41.4 Å². The smallest absolute Gasteiger partial charge is 0.293 e. The van der Waals surface area contributed by atoms with Crippen molar-refractivity contribution < 1.29 is 48.3 Å². The van der Waals surface area contributed by atoms with Crippen molar-refractivity contribution in [2.75, 3.05) is 11.0 Å². The molecule has 332 valence electrons. The van der Waals surface area contributed by atoms with Crippen LogP contribution in [-0.4, -0.2) is 64.6 Å². The van der Waals surface area contributed by atoms with E-state index in [-0.39, 0.29) is 67.4 Å². The van der Waals surface area contributed by atoms with Gasteiger partial charge in [-0.05, 0) is 54.3 Å². The molecule has 3 atom stereocenters. The van der Waals surface area contributed by atoms with Gasteiger partial charge in [-0.2, -0.15) is 19.0 Å². The van der Waals surface area contributed by atoms with Crippen molar-refractivity contribution in [2.24, 2.45) is 13.0 Å². The predicted octanol–water partition coefficient (Wildman–Crippen LogP) is 6.81. The van der Waals surface area contributed by atoms with Crippen LogP contribution in [0.25, 0.3) is 39.0 Å². The molecule has 0 spiro atoms. The SMILES string of the molecule is Cn1nc(NS(C)(=O)=O)c2c(Cl)ccc(-n3c([C@H](Cc4cc(F)cc(F)c4)NC(=O)Cn4nc(C(F)F)c5c4C(F)(F)[C@@H]4C[C@H]54)nc4ncc(-c5nccc(C(F)F)n5)cc4c3=O)c21. The molecule has 0 radical (unpaired) electrons. The van der Waals surface area contributed by atoms with Crippen LogP contribution in [0.3, 0.4) is 0 Å². The number of benzene rings is 2. The molecule has 5 heterocycles. The number of rotatable bonds is 12. The number of anilines is 1. The number of hydrogen-bond acceptors (Lipinski definition) is 10. The zero-order valence-corrected chi connectivity index (χ0v) is 34.2. The van der Waals surface area contributed by atoms with Crippen molar-refractivity contribution in [1.29, 1.82) is 0 Å². The van der Waals surface area contributed by atoms with Gasteiger partial charge in [0.15, 0.2) is 17.3 Å². The van der Waals surface area contributed by atoms with Crippen molar-refractivity contribution in [2.45, 2.75) is 50.1 Å². The molecular formula is C39H28ClF8N11O4S. The molecule has 2 N–H and O–H groups in total. The van der Waals surface area contributed by atoms with Gasteiger partial charge in [0.2, 0.25) is 15.9 Å². The second-order valence-electron chi connectivity index (χ2n) is 15.2. The van der Waals surface area contributed by atoms with Crippen LogP contribution in [0.15, 0.2) is 59.7 Å². The van der Waals surface area contributed by atoms with Gasteiger partial charge in [-0.3, -0.25) is 28.2 Å². The molecule has 1 fully saturated rings. The molecule has 7 aromatic rings. The third-order valence-electron chi connectivity index (χ3n) is 10.8. The van der Waals surface area contributed by atoms with Crippen molar-refractivity contribution >= 4 is 55.3 Å². The molecule has 0 bridgehead atoms. The first kappa shape index (κ1) is 42.7. The standard InChI is InChI=1S/C39H28ClF8N11O4S/c1-57-30-25(4-3-22(40)28(30)36(55-57)56-64(2,62)63)59-37(53-35-20(38(59)61)10-16(13-50-35)34-49-6-5-23(52-34)32(43)44)24(9-15-7-17(41)11-18(42)8-15)51-26(60)14-58-31-27(29(54-58)33(45)46)19-12-21(19)39(31,47)48/h3-8,10-11,13,19,21,24,32-33H,9,12,14H2,1-2H3,(H,51,60)(H,55,56)/t19-,21+,24-/m0/s1. The second-order valence-corrected chi connectivity index (χ2v) is 17.4. The number of pyridine rings is 1. The van der Waals surface area contributed by atoms with Gasteiger partial charge in [0.25, 0.3) is 24.3 Å². The van der Waals surface area contributed by atoms with Gasteiger partial charge >= 0.3 is 0 Å². The Morgan fingerprint density at radius 2 is 1.73 bits per heavy atom. The first-order valence-corrected chi connectivity index (χ1v) is 21.2. The van der Waals surface area contributed by atoms with Crippen LogP contribution in [0.2, 0.25) is 5.02 Å². The molecule has 9 rings (SSSR count). The first-order chi connectivity index (χ1) is 30.2. The lowest BCUT2D eigenvalue weighted by Crippen LogP contribution is -2.38. The van der Waals surface area contributed by atoms with Gasteiger partial charge in [0.05, 0.1) is 39.3 Å². The zero-order valence-electron chi connectivity index (χ0n) is 32.7. The van der Waals surface area contributed by atoms with Gasteiger partial charge in [0.1, 0.15) is 41.1 Å². The Morgan fingerprint density at radius 3 is 2.42 bits per heavy atom. The number of amides is 1. The van der Waals surface area contributed by atoms with Gasteiger partial charge in [-0.1, -0.05) is 11.6 Å². The fourth-order valence-electron chi connectivity index (χ4n) is 8.22. The maximum absolute atomic E-state index is 15.5. The lowest BCUT2D eigenvalue weighted by Gasteiger charge is -2.24. The van der Waals surface area contributed by atoms with E-state index in [4.69, 9.17) is 11.6 Å². The molecule has 2 aliphatic rings. The van der Waals surface area contributed by atoms with Crippen molar-refractivity contribution in [3.63, 3.8) is 0 Å². The van der Waals surface area contributed by atoms with Crippen LogP contribution in [0.4, 0.5) is 40.9 Å². The van der Waals surface area contributed by atoms with E-state index in [1.54, 1.807) is 0 Å². The highest BCUT2D eigenvalue weighted by molar-refractivity contribution is 7.92. The lowest BCUT2D eigenvalue weighted by molar-refractivity contribution is -0.123. The summed E-state index contributed by atoms with van der Waals surface area (Å²) in [5.74, 6) is -9.85. The van der Waals surface area contributed by atoms with Gasteiger partial charge in [0, 0.05) is 49.0 Å². The molecule has 2 aliphatic carbocycles. The highest BCUT2D eigenvalue weighted by atomic mass is 35.5. The monoisotopic (exact) mass is 933 g/mol. The second kappa shape index (κ2) is 15.3. The molecular weight excluding hydrogens is 906 g/mol. The number of halogens is 9. The summed E-state index contributed by atoms with van der Waals surface area (Å²) in [5, 5.41) is 10.1. The highest BCUT2D eigenvalue weighted by Crippen LogP contribution is 2.68. The highest BCUT2D eigenvalue weighted by Gasteiger charge is 2.67. The zero-order chi connectivity index (χ0) is 45.7. The minimum Gasteiger partial charge on any atom is -0.344 e. The molecule has 2 aromatic carbocycles.